The van der Waals surface area contributed by atoms with Crippen molar-refractivity contribution >= 4 is 16.9 Å². The van der Waals surface area contributed by atoms with Gasteiger partial charge in [0.25, 0.3) is 5.91 Å². The Labute approximate surface area is 156 Å². The van der Waals surface area contributed by atoms with Crippen molar-refractivity contribution in [3.8, 4) is 0 Å². The molecule has 1 amide bonds. The van der Waals surface area contributed by atoms with Gasteiger partial charge in [-0.1, -0.05) is 42.5 Å². The van der Waals surface area contributed by atoms with Gasteiger partial charge in [0.1, 0.15) is 12.8 Å². The lowest BCUT2D eigenvalue weighted by atomic mass is 9.94. The molecule has 4 aromatic rings. The van der Waals surface area contributed by atoms with Crippen LogP contribution in [-0.2, 0) is 6.54 Å². The molecular weight excluding hydrogens is 340 g/mol. The second-order valence-corrected chi connectivity index (χ2v) is 6.70. The molecule has 0 saturated carbocycles. The van der Waals surface area contributed by atoms with Crippen molar-refractivity contribution in [3.05, 3.63) is 84.3 Å². The molecular formula is C21H18N4O2. The Kier molecular flexibility index (Phi) is 3.74. The summed E-state index contributed by atoms with van der Waals surface area (Å²) in [6.45, 7) is 1.18. The minimum atomic E-state index is -0.0828. The number of fused-ring (bicyclic) bond motifs is 1. The maximum absolute atomic E-state index is 12.8. The highest BCUT2D eigenvalue weighted by atomic mass is 16.3. The molecule has 1 fully saturated rings. The van der Waals surface area contributed by atoms with Gasteiger partial charge in [0.05, 0.1) is 23.4 Å². The van der Waals surface area contributed by atoms with Gasteiger partial charge in [0.15, 0.2) is 5.69 Å². The number of imidazole rings is 1. The Bertz CT molecular complexity index is 1100. The number of benzene rings is 2. The lowest BCUT2D eigenvalue weighted by Crippen LogP contribution is -2.45. The third-order valence-corrected chi connectivity index (χ3v) is 5.07. The predicted octanol–water partition coefficient (Wildman–Crippen LogP) is 3.66. The number of nitrogens with zero attached hydrogens (tertiary/aromatic N) is 4. The number of hydrogen-bond donors (Lipinski definition) is 0. The van der Waals surface area contributed by atoms with Gasteiger partial charge in [-0.2, -0.15) is 0 Å². The fourth-order valence-corrected chi connectivity index (χ4v) is 3.56. The maximum Gasteiger partial charge on any atom is 0.276 e. The van der Waals surface area contributed by atoms with Gasteiger partial charge in [-0.15, -0.1) is 0 Å². The molecule has 2 aromatic carbocycles. The first-order valence-electron chi connectivity index (χ1n) is 9.00. The number of hydrogen-bond acceptors (Lipinski definition) is 4. The second-order valence-electron chi connectivity index (χ2n) is 6.70. The zero-order valence-corrected chi connectivity index (χ0v) is 14.7. The SMILES string of the molecule is O=C(c1coc(Cn2cnc3ccccc32)n1)N1CCC1c1ccccc1. The lowest BCUT2D eigenvalue weighted by molar-refractivity contribution is 0.0454. The first-order chi connectivity index (χ1) is 13.3. The maximum atomic E-state index is 12.8. The monoisotopic (exact) mass is 358 g/mol. The molecule has 0 N–H and O–H groups in total. The van der Waals surface area contributed by atoms with Crippen LogP contribution in [-0.4, -0.2) is 31.9 Å². The highest BCUT2D eigenvalue weighted by molar-refractivity contribution is 5.92. The van der Waals surface area contributed by atoms with E-state index in [1.54, 1.807) is 6.33 Å². The van der Waals surface area contributed by atoms with E-state index in [1.165, 1.54) is 6.26 Å². The minimum Gasteiger partial charge on any atom is -0.446 e. The van der Waals surface area contributed by atoms with Crippen LogP contribution in [0.2, 0.25) is 0 Å². The van der Waals surface area contributed by atoms with Crippen LogP contribution in [0.5, 0.6) is 0 Å². The van der Waals surface area contributed by atoms with Crippen molar-refractivity contribution < 1.29 is 9.21 Å². The molecule has 0 aliphatic carbocycles. The summed E-state index contributed by atoms with van der Waals surface area (Å²) in [5, 5.41) is 0. The van der Waals surface area contributed by atoms with Crippen molar-refractivity contribution in [3.63, 3.8) is 0 Å². The van der Waals surface area contributed by atoms with Gasteiger partial charge < -0.3 is 13.9 Å². The van der Waals surface area contributed by atoms with E-state index in [0.717, 1.165) is 29.6 Å². The number of oxazole rings is 1. The summed E-state index contributed by atoms with van der Waals surface area (Å²) >= 11 is 0. The first-order valence-corrected chi connectivity index (χ1v) is 9.00. The van der Waals surface area contributed by atoms with Crippen molar-refractivity contribution in [2.24, 2.45) is 0 Å². The molecule has 1 saturated heterocycles. The minimum absolute atomic E-state index is 0.0828. The van der Waals surface area contributed by atoms with E-state index in [4.69, 9.17) is 4.42 Å². The Hall–Kier alpha value is -3.41. The Morgan fingerprint density at radius 1 is 1.11 bits per heavy atom. The predicted molar refractivity (Wildman–Crippen MR) is 100 cm³/mol. The molecule has 1 unspecified atom stereocenters. The summed E-state index contributed by atoms with van der Waals surface area (Å²) in [5.74, 6) is 0.416. The summed E-state index contributed by atoms with van der Waals surface area (Å²) in [7, 11) is 0. The van der Waals surface area contributed by atoms with E-state index in [-0.39, 0.29) is 11.9 Å². The van der Waals surface area contributed by atoms with Crippen LogP contribution in [0.15, 0.2) is 71.6 Å². The molecule has 3 heterocycles. The smallest absolute Gasteiger partial charge is 0.276 e. The van der Waals surface area contributed by atoms with E-state index < -0.39 is 0 Å². The molecule has 5 rings (SSSR count). The van der Waals surface area contributed by atoms with Crippen LogP contribution >= 0.6 is 0 Å². The summed E-state index contributed by atoms with van der Waals surface area (Å²) in [4.78, 5) is 23.5. The van der Waals surface area contributed by atoms with Gasteiger partial charge >= 0.3 is 0 Å². The molecule has 1 aliphatic heterocycles. The summed E-state index contributed by atoms with van der Waals surface area (Å²) in [5.41, 5.74) is 3.45. The number of likely N-dealkylation sites (tertiary alicyclic amines) is 1. The van der Waals surface area contributed by atoms with Gasteiger partial charge in [0.2, 0.25) is 5.89 Å². The van der Waals surface area contributed by atoms with Gasteiger partial charge in [-0.05, 0) is 24.1 Å². The molecule has 6 nitrogen and oxygen atoms in total. The fourth-order valence-electron chi connectivity index (χ4n) is 3.56. The Morgan fingerprint density at radius 3 is 2.74 bits per heavy atom. The normalized spacial score (nSPS) is 16.4. The van der Waals surface area contributed by atoms with Crippen LogP contribution < -0.4 is 0 Å². The molecule has 2 aromatic heterocycles. The zero-order valence-electron chi connectivity index (χ0n) is 14.7. The first kappa shape index (κ1) is 15.8. The molecule has 0 spiro atoms. The van der Waals surface area contributed by atoms with Crippen LogP contribution in [0, 0.1) is 0 Å². The van der Waals surface area contributed by atoms with E-state index >= 15 is 0 Å². The molecule has 134 valence electrons. The molecule has 6 heteroatoms. The Morgan fingerprint density at radius 2 is 1.93 bits per heavy atom. The third-order valence-electron chi connectivity index (χ3n) is 5.07. The number of carbonyl (C=O) groups is 1. The zero-order chi connectivity index (χ0) is 18.2. The van der Waals surface area contributed by atoms with Crippen LogP contribution in [0.4, 0.5) is 0 Å². The quantitative estimate of drug-likeness (QED) is 0.558. The van der Waals surface area contributed by atoms with Crippen LogP contribution in [0.1, 0.15) is 34.4 Å². The highest BCUT2D eigenvalue weighted by Crippen LogP contribution is 2.34. The van der Waals surface area contributed by atoms with E-state index in [2.05, 4.69) is 22.1 Å². The number of carbonyl (C=O) groups excluding carboxylic acids is 1. The van der Waals surface area contributed by atoms with Gasteiger partial charge in [0, 0.05) is 6.54 Å². The largest absolute Gasteiger partial charge is 0.446 e. The van der Waals surface area contributed by atoms with Crippen LogP contribution in [0.25, 0.3) is 11.0 Å². The van der Waals surface area contributed by atoms with Crippen molar-refractivity contribution in [1.82, 2.24) is 19.4 Å². The molecule has 1 atom stereocenters. The number of para-hydroxylation sites is 2. The molecule has 27 heavy (non-hydrogen) atoms. The molecule has 1 aliphatic rings. The van der Waals surface area contributed by atoms with Crippen molar-refractivity contribution in [2.45, 2.75) is 19.0 Å². The number of amides is 1. The lowest BCUT2D eigenvalue weighted by Gasteiger charge is -2.40. The number of aromatic nitrogens is 3. The molecule has 0 radical (unpaired) electrons. The number of rotatable bonds is 4. The summed E-state index contributed by atoms with van der Waals surface area (Å²) in [6, 6.07) is 18.1. The van der Waals surface area contributed by atoms with Crippen molar-refractivity contribution in [1.29, 1.82) is 0 Å². The molecule has 0 bridgehead atoms. The van der Waals surface area contributed by atoms with Gasteiger partial charge in [-0.3, -0.25) is 4.79 Å². The van der Waals surface area contributed by atoms with E-state index in [9.17, 15) is 4.79 Å². The van der Waals surface area contributed by atoms with Crippen molar-refractivity contribution in [2.75, 3.05) is 6.54 Å². The fraction of sp³-hybridized carbons (Fsp3) is 0.190. The van der Waals surface area contributed by atoms with Gasteiger partial charge in [-0.25, -0.2) is 9.97 Å². The van der Waals surface area contributed by atoms with Crippen LogP contribution in [0.3, 0.4) is 0 Å². The third kappa shape index (κ3) is 2.79. The topological polar surface area (TPSA) is 64.2 Å². The van der Waals surface area contributed by atoms with E-state index in [1.807, 2.05) is 51.9 Å². The standard InChI is InChI=1S/C21H18N4O2/c26-21(25-11-10-18(25)15-6-2-1-3-7-15)17-13-27-20(23-17)12-24-14-22-16-8-4-5-9-19(16)24/h1-9,13-14,18H,10-12H2. The highest BCUT2D eigenvalue weighted by Gasteiger charge is 2.35. The summed E-state index contributed by atoms with van der Waals surface area (Å²) in [6.07, 6.45) is 4.19. The average molecular weight is 358 g/mol. The summed E-state index contributed by atoms with van der Waals surface area (Å²) < 4.78 is 7.52. The average Bonchev–Trinajstić information content (AvgIpc) is 3.30. The van der Waals surface area contributed by atoms with E-state index in [0.29, 0.717) is 18.1 Å². The Balaban J connectivity index is 1.34. The second kappa shape index (κ2) is 6.39.